The molecule has 0 radical (unpaired) electrons. The van der Waals surface area contributed by atoms with Crippen LogP contribution in [0.25, 0.3) is 20.5 Å². The van der Waals surface area contributed by atoms with Crippen molar-refractivity contribution in [1.29, 1.82) is 0 Å². The van der Waals surface area contributed by atoms with Gasteiger partial charge in [-0.25, -0.2) is 4.79 Å². The van der Waals surface area contributed by atoms with Gasteiger partial charge in [-0.2, -0.15) is 0 Å². The van der Waals surface area contributed by atoms with Gasteiger partial charge in [-0.05, 0) is 83.4 Å². The molecule has 0 atom stereocenters. The number of hydrogen-bond acceptors (Lipinski definition) is 9. The van der Waals surface area contributed by atoms with E-state index in [1.807, 2.05) is 91.0 Å². The van der Waals surface area contributed by atoms with Gasteiger partial charge in [0.05, 0.1) is 37.9 Å². The summed E-state index contributed by atoms with van der Waals surface area (Å²) in [5.41, 5.74) is 3.24. The monoisotopic (exact) mass is 720 g/mol. The molecule has 0 unspecified atom stereocenters. The minimum atomic E-state index is -1.00. The summed E-state index contributed by atoms with van der Waals surface area (Å²) in [5, 5.41) is 9.54. The van der Waals surface area contributed by atoms with Crippen LogP contribution in [0.3, 0.4) is 0 Å². The quantitative estimate of drug-likeness (QED) is 0.0730. The zero-order valence-corrected chi connectivity index (χ0v) is 29.4. The Morgan fingerprint density at radius 1 is 0.538 bits per heavy atom. The third kappa shape index (κ3) is 11.1. The van der Waals surface area contributed by atoms with Gasteiger partial charge in [0.2, 0.25) is 0 Å². The van der Waals surface area contributed by atoms with Crippen molar-refractivity contribution in [2.45, 2.75) is 13.2 Å². The van der Waals surface area contributed by atoms with Crippen molar-refractivity contribution in [2.75, 3.05) is 46.2 Å². The molecule has 0 saturated heterocycles. The first-order valence-electron chi connectivity index (χ1n) is 17.0. The van der Waals surface area contributed by atoms with Crippen LogP contribution < -0.4 is 18.9 Å². The minimum Gasteiger partial charge on any atom is -0.491 e. The summed E-state index contributed by atoms with van der Waals surface area (Å²) in [6, 6.07) is 42.0. The molecular formula is C42H40O9S. The molecule has 0 aliphatic heterocycles. The highest BCUT2D eigenvalue weighted by Crippen LogP contribution is 2.47. The van der Waals surface area contributed by atoms with E-state index in [1.165, 1.54) is 0 Å². The molecule has 52 heavy (non-hydrogen) atoms. The van der Waals surface area contributed by atoms with E-state index in [0.717, 1.165) is 48.9 Å². The Labute approximate surface area is 306 Å². The van der Waals surface area contributed by atoms with Crippen LogP contribution >= 0.6 is 11.3 Å². The molecule has 268 valence electrons. The molecule has 0 bridgehead atoms. The van der Waals surface area contributed by atoms with Crippen molar-refractivity contribution in [3.63, 3.8) is 0 Å². The van der Waals surface area contributed by atoms with Crippen molar-refractivity contribution in [3.05, 3.63) is 139 Å². The summed E-state index contributed by atoms with van der Waals surface area (Å²) >= 11 is 1.66. The number of ether oxygens (including phenoxy) is 7. The summed E-state index contributed by atoms with van der Waals surface area (Å²) in [4.78, 5) is 11.4. The average molecular weight is 721 g/mol. The van der Waals surface area contributed by atoms with Crippen molar-refractivity contribution in [1.82, 2.24) is 0 Å². The minimum absolute atomic E-state index is 0.224. The SMILES string of the molecule is O=C(O)COCCOCCOCCOc1ccc(Oc2c(-c3ccc(OCc4ccccc4)cc3)sc3cc(OCc4ccccc4)ccc23)cc1. The van der Waals surface area contributed by atoms with Crippen LogP contribution in [-0.4, -0.2) is 57.3 Å². The first-order chi connectivity index (χ1) is 25.6. The van der Waals surface area contributed by atoms with E-state index in [-0.39, 0.29) is 13.2 Å². The predicted molar refractivity (Wildman–Crippen MR) is 201 cm³/mol. The highest BCUT2D eigenvalue weighted by Gasteiger charge is 2.18. The second-order valence-corrected chi connectivity index (χ2v) is 12.6. The van der Waals surface area contributed by atoms with E-state index in [0.29, 0.717) is 57.7 Å². The number of thiophene rings is 1. The lowest BCUT2D eigenvalue weighted by molar-refractivity contribution is -0.142. The maximum atomic E-state index is 10.4. The summed E-state index contributed by atoms with van der Waals surface area (Å²) in [6.45, 7) is 2.75. The molecule has 1 N–H and O–H groups in total. The molecule has 10 heteroatoms. The van der Waals surface area contributed by atoms with Crippen LogP contribution in [0, 0.1) is 0 Å². The van der Waals surface area contributed by atoms with Gasteiger partial charge in [0, 0.05) is 10.1 Å². The van der Waals surface area contributed by atoms with Crippen LogP contribution in [-0.2, 0) is 32.2 Å². The Morgan fingerprint density at radius 2 is 1.06 bits per heavy atom. The highest BCUT2D eigenvalue weighted by atomic mass is 32.1. The number of rotatable bonds is 21. The van der Waals surface area contributed by atoms with E-state index in [9.17, 15) is 4.79 Å². The number of fused-ring (bicyclic) bond motifs is 1. The average Bonchev–Trinajstić information content (AvgIpc) is 3.54. The number of benzene rings is 5. The molecule has 9 nitrogen and oxygen atoms in total. The summed E-state index contributed by atoms with van der Waals surface area (Å²) in [5.74, 6) is 2.73. The van der Waals surface area contributed by atoms with Crippen LogP contribution in [0.5, 0.6) is 28.7 Å². The largest absolute Gasteiger partial charge is 0.491 e. The number of carbonyl (C=O) groups is 1. The molecule has 0 amide bonds. The van der Waals surface area contributed by atoms with Crippen LogP contribution in [0.1, 0.15) is 11.1 Å². The van der Waals surface area contributed by atoms with E-state index >= 15 is 0 Å². The zero-order valence-electron chi connectivity index (χ0n) is 28.6. The Balaban J connectivity index is 1.08. The summed E-state index contributed by atoms with van der Waals surface area (Å²) in [6.07, 6.45) is 0. The van der Waals surface area contributed by atoms with Gasteiger partial charge in [-0.1, -0.05) is 60.7 Å². The normalized spacial score (nSPS) is 11.0. The van der Waals surface area contributed by atoms with E-state index < -0.39 is 5.97 Å². The molecule has 0 aliphatic rings. The van der Waals surface area contributed by atoms with Gasteiger partial charge in [0.25, 0.3) is 0 Å². The molecule has 5 aromatic carbocycles. The molecule has 0 fully saturated rings. The van der Waals surface area contributed by atoms with E-state index in [4.69, 9.17) is 38.3 Å². The lowest BCUT2D eigenvalue weighted by atomic mass is 10.1. The van der Waals surface area contributed by atoms with Crippen molar-refractivity contribution in [2.24, 2.45) is 0 Å². The lowest BCUT2D eigenvalue weighted by Crippen LogP contribution is -2.14. The third-order valence-electron chi connectivity index (χ3n) is 7.74. The van der Waals surface area contributed by atoms with Crippen molar-refractivity contribution in [3.8, 4) is 39.2 Å². The Hall–Kier alpha value is -5.39. The third-order valence-corrected chi connectivity index (χ3v) is 8.92. The summed E-state index contributed by atoms with van der Waals surface area (Å²) in [7, 11) is 0. The van der Waals surface area contributed by atoms with Crippen LogP contribution in [0.15, 0.2) is 127 Å². The number of carboxylic acid groups (broad SMARTS) is 1. The van der Waals surface area contributed by atoms with Crippen molar-refractivity contribution >= 4 is 27.4 Å². The lowest BCUT2D eigenvalue weighted by Gasteiger charge is -2.11. The smallest absolute Gasteiger partial charge is 0.329 e. The topological polar surface area (TPSA) is 102 Å². The van der Waals surface area contributed by atoms with E-state index in [2.05, 4.69) is 36.4 Å². The maximum Gasteiger partial charge on any atom is 0.329 e. The van der Waals surface area contributed by atoms with E-state index in [1.54, 1.807) is 11.3 Å². The van der Waals surface area contributed by atoms with Gasteiger partial charge in [-0.15, -0.1) is 11.3 Å². The zero-order chi connectivity index (χ0) is 35.8. The maximum absolute atomic E-state index is 10.4. The molecule has 0 spiro atoms. The standard InChI is InChI=1S/C42H40O9S/c43-40(44)30-47-24-23-45-21-22-46-25-26-48-34-15-17-36(18-16-34)51-41-38-20-19-37(50-29-32-9-5-2-6-10-32)27-39(38)52-42(41)33-11-13-35(14-12-33)49-28-31-7-3-1-4-8-31/h1-20,27H,21-26,28-30H2,(H,43,44). The molecule has 0 aliphatic carbocycles. The molecule has 0 saturated carbocycles. The Kier molecular flexibility index (Phi) is 13.5. The van der Waals surface area contributed by atoms with Gasteiger partial charge >= 0.3 is 5.97 Å². The number of carboxylic acids is 1. The Morgan fingerprint density at radius 3 is 1.69 bits per heavy atom. The fourth-order valence-electron chi connectivity index (χ4n) is 5.16. The summed E-state index contributed by atoms with van der Waals surface area (Å²) < 4.78 is 41.5. The fourth-order valence-corrected chi connectivity index (χ4v) is 6.32. The second kappa shape index (κ2) is 19.3. The van der Waals surface area contributed by atoms with Crippen molar-refractivity contribution < 1.29 is 43.1 Å². The van der Waals surface area contributed by atoms with Gasteiger partial charge < -0.3 is 38.3 Å². The first kappa shape index (κ1) is 36.4. The molecule has 6 rings (SSSR count). The molecule has 6 aromatic rings. The fraction of sp³-hybridized carbons (Fsp3) is 0.214. The van der Waals surface area contributed by atoms with Gasteiger partial charge in [-0.3, -0.25) is 0 Å². The predicted octanol–water partition coefficient (Wildman–Crippen LogP) is 9.03. The molecule has 1 heterocycles. The van der Waals surface area contributed by atoms with Crippen LogP contribution in [0.2, 0.25) is 0 Å². The second-order valence-electron chi connectivity index (χ2n) is 11.6. The van der Waals surface area contributed by atoms with Crippen LogP contribution in [0.4, 0.5) is 0 Å². The number of aliphatic carboxylic acids is 1. The molecule has 1 aromatic heterocycles. The number of hydrogen-bond donors (Lipinski definition) is 1. The highest BCUT2D eigenvalue weighted by molar-refractivity contribution is 7.22. The van der Waals surface area contributed by atoms with Gasteiger partial charge in [0.1, 0.15) is 49.4 Å². The first-order valence-corrected chi connectivity index (χ1v) is 17.8. The Bertz CT molecular complexity index is 1960. The molecular weight excluding hydrogens is 681 g/mol. The van der Waals surface area contributed by atoms with Gasteiger partial charge in [0.15, 0.2) is 5.75 Å².